The predicted octanol–water partition coefficient (Wildman–Crippen LogP) is 10.7. The van der Waals surface area contributed by atoms with Gasteiger partial charge < -0.3 is 4.42 Å². The summed E-state index contributed by atoms with van der Waals surface area (Å²) in [5.74, 6) is 1.85. The van der Waals surface area contributed by atoms with Crippen molar-refractivity contribution in [1.82, 2.24) is 4.98 Å². The quantitative estimate of drug-likeness (QED) is 0.199. The van der Waals surface area contributed by atoms with E-state index in [2.05, 4.69) is 114 Å². The summed E-state index contributed by atoms with van der Waals surface area (Å²) in [5.41, 5.74) is 8.76. The highest BCUT2D eigenvalue weighted by Crippen LogP contribution is 2.53. The summed E-state index contributed by atoms with van der Waals surface area (Å²) in [7, 11) is 0. The van der Waals surface area contributed by atoms with Gasteiger partial charge in [0.2, 0.25) is 0 Å². The molecule has 2 aromatic heterocycles. The number of hydrogen-bond donors (Lipinski definition) is 0. The maximum atomic E-state index is 6.63. The Morgan fingerprint density at radius 1 is 0.636 bits per heavy atom. The molecule has 4 nitrogen and oxygen atoms in total. The fraction of sp³-hybridized carbons (Fsp3) is 0.0500. The number of rotatable bonds is 1. The van der Waals surface area contributed by atoms with E-state index >= 15 is 0 Å². The van der Waals surface area contributed by atoms with Crippen LogP contribution in [0, 0.1) is 0 Å². The molecule has 4 heteroatoms. The first-order chi connectivity index (χ1) is 21.8. The molecule has 0 aliphatic carbocycles. The maximum Gasteiger partial charge on any atom is 0.138 e. The summed E-state index contributed by atoms with van der Waals surface area (Å²) in [6.45, 7) is 0. The molecule has 206 valence electrons. The predicted molar refractivity (Wildman–Crippen MR) is 181 cm³/mol. The Morgan fingerprint density at radius 2 is 1.41 bits per heavy atom. The van der Waals surface area contributed by atoms with E-state index in [1.807, 2.05) is 24.4 Å². The molecule has 6 aromatic carbocycles. The van der Waals surface area contributed by atoms with Crippen LogP contribution in [0.5, 0.6) is 0 Å². The monoisotopic (exact) mass is 563 g/mol. The number of benzene rings is 6. The van der Waals surface area contributed by atoms with Gasteiger partial charge in [0.1, 0.15) is 22.9 Å². The topological polar surface area (TPSA) is 41.6 Å². The van der Waals surface area contributed by atoms with Crippen LogP contribution in [0.15, 0.2) is 143 Å². The fourth-order valence-corrected chi connectivity index (χ4v) is 7.51. The van der Waals surface area contributed by atoms with Crippen LogP contribution in [0.3, 0.4) is 0 Å². The summed E-state index contributed by atoms with van der Waals surface area (Å²) in [6.07, 6.45) is 2.56. The van der Waals surface area contributed by atoms with Gasteiger partial charge in [0, 0.05) is 34.3 Å². The number of furan rings is 1. The number of anilines is 2. The Balaban J connectivity index is 1.29. The second-order valence-corrected chi connectivity index (χ2v) is 11.7. The highest BCUT2D eigenvalue weighted by molar-refractivity contribution is 6.24. The molecule has 8 aromatic rings. The standard InChI is InChI=1S/C40H25N3O/c1-2-14-27-24(9-1)20-21-33-37(27)30-17-5-10-25-11-7-18-32(36(25)30)43(33)35-23-31(28-16-6-12-26-13-8-22-41-38(26)28)40-39(42-35)29-15-3-4-19-34(29)44-40/h1-22,31H,23H2. The van der Waals surface area contributed by atoms with E-state index in [1.54, 1.807) is 0 Å². The van der Waals surface area contributed by atoms with Gasteiger partial charge in [-0.25, -0.2) is 4.99 Å². The van der Waals surface area contributed by atoms with E-state index in [0.29, 0.717) is 6.42 Å². The van der Waals surface area contributed by atoms with Crippen LogP contribution in [-0.2, 0) is 0 Å². The first kappa shape index (κ1) is 23.8. The second-order valence-electron chi connectivity index (χ2n) is 11.7. The molecular formula is C40H25N3O. The van der Waals surface area contributed by atoms with Crippen molar-refractivity contribution in [2.75, 3.05) is 4.90 Å². The van der Waals surface area contributed by atoms with Crippen molar-refractivity contribution in [2.45, 2.75) is 12.3 Å². The third-order valence-corrected chi connectivity index (χ3v) is 9.38. The number of hydrogen-bond acceptors (Lipinski definition) is 4. The van der Waals surface area contributed by atoms with Gasteiger partial charge in [0.15, 0.2) is 0 Å². The minimum atomic E-state index is -0.0521. The van der Waals surface area contributed by atoms with Crippen molar-refractivity contribution in [3.05, 3.63) is 145 Å². The summed E-state index contributed by atoms with van der Waals surface area (Å²) < 4.78 is 6.63. The van der Waals surface area contributed by atoms with Crippen molar-refractivity contribution < 1.29 is 4.42 Å². The number of amidine groups is 1. The molecule has 10 rings (SSSR count). The Labute approximate surface area is 253 Å². The average molecular weight is 564 g/mol. The SMILES string of the molecule is c1ccc2c3c(ccc2c1)N(C1=Nc2c(oc4ccccc24)C(c2cccc4cccnc24)C1)c1cccc2cccc-3c12. The highest BCUT2D eigenvalue weighted by Gasteiger charge is 2.36. The largest absolute Gasteiger partial charge is 0.458 e. The average Bonchev–Trinajstić information content (AvgIpc) is 3.46. The van der Waals surface area contributed by atoms with Crippen molar-refractivity contribution in [3.8, 4) is 11.1 Å². The van der Waals surface area contributed by atoms with Gasteiger partial charge in [0.05, 0.1) is 22.8 Å². The Hall–Kier alpha value is -5.74. The molecule has 0 radical (unpaired) electrons. The number of aromatic nitrogens is 1. The molecular weight excluding hydrogens is 538 g/mol. The summed E-state index contributed by atoms with van der Waals surface area (Å²) in [4.78, 5) is 12.7. The lowest BCUT2D eigenvalue weighted by Gasteiger charge is -2.37. The molecule has 1 atom stereocenters. The molecule has 0 amide bonds. The molecule has 0 saturated heterocycles. The highest BCUT2D eigenvalue weighted by atomic mass is 16.3. The molecule has 0 fully saturated rings. The van der Waals surface area contributed by atoms with Gasteiger partial charge in [-0.15, -0.1) is 0 Å². The molecule has 2 aliphatic rings. The van der Waals surface area contributed by atoms with Gasteiger partial charge in [-0.2, -0.15) is 0 Å². The smallest absolute Gasteiger partial charge is 0.138 e. The molecule has 0 N–H and O–H groups in total. The zero-order valence-corrected chi connectivity index (χ0v) is 23.7. The molecule has 2 aliphatic heterocycles. The Kier molecular flexibility index (Phi) is 4.80. The van der Waals surface area contributed by atoms with Crippen molar-refractivity contribution in [2.24, 2.45) is 4.99 Å². The van der Waals surface area contributed by atoms with E-state index in [-0.39, 0.29) is 5.92 Å². The zero-order chi connectivity index (χ0) is 28.8. The third kappa shape index (κ3) is 3.22. The van der Waals surface area contributed by atoms with Gasteiger partial charge in [-0.3, -0.25) is 9.88 Å². The maximum absolute atomic E-state index is 6.63. The lowest BCUT2D eigenvalue weighted by atomic mass is 9.85. The number of nitrogens with zero attached hydrogens (tertiary/aromatic N) is 3. The number of para-hydroxylation sites is 2. The third-order valence-electron chi connectivity index (χ3n) is 9.38. The van der Waals surface area contributed by atoms with Crippen molar-refractivity contribution >= 4 is 66.3 Å². The van der Waals surface area contributed by atoms with Gasteiger partial charge in [0.25, 0.3) is 0 Å². The van der Waals surface area contributed by atoms with Crippen LogP contribution in [0.1, 0.15) is 23.7 Å². The first-order valence-electron chi connectivity index (χ1n) is 15.1. The van der Waals surface area contributed by atoms with Crippen LogP contribution in [0.4, 0.5) is 17.1 Å². The molecule has 4 heterocycles. The zero-order valence-electron chi connectivity index (χ0n) is 23.7. The number of fused-ring (bicyclic) bond motifs is 8. The van der Waals surface area contributed by atoms with Gasteiger partial charge in [-0.05, 0) is 57.6 Å². The minimum Gasteiger partial charge on any atom is -0.458 e. The van der Waals surface area contributed by atoms with E-state index < -0.39 is 0 Å². The van der Waals surface area contributed by atoms with E-state index in [0.717, 1.165) is 56.1 Å². The van der Waals surface area contributed by atoms with E-state index in [9.17, 15) is 0 Å². The first-order valence-corrected chi connectivity index (χ1v) is 15.1. The van der Waals surface area contributed by atoms with Crippen molar-refractivity contribution in [3.63, 3.8) is 0 Å². The minimum absolute atomic E-state index is 0.0521. The van der Waals surface area contributed by atoms with Crippen LogP contribution < -0.4 is 4.90 Å². The molecule has 0 bridgehead atoms. The van der Waals surface area contributed by atoms with Crippen molar-refractivity contribution in [1.29, 1.82) is 0 Å². The van der Waals surface area contributed by atoms with Crippen LogP contribution in [0.2, 0.25) is 0 Å². The lowest BCUT2D eigenvalue weighted by Crippen LogP contribution is -2.31. The van der Waals surface area contributed by atoms with Gasteiger partial charge in [-0.1, -0.05) is 97.1 Å². The van der Waals surface area contributed by atoms with Crippen LogP contribution in [-0.4, -0.2) is 10.8 Å². The normalized spacial score (nSPS) is 15.5. The number of pyridine rings is 1. The lowest BCUT2D eigenvalue weighted by molar-refractivity contribution is 0.522. The molecule has 44 heavy (non-hydrogen) atoms. The Morgan fingerprint density at radius 3 is 2.36 bits per heavy atom. The summed E-state index contributed by atoms with van der Waals surface area (Å²) in [6, 6.07) is 45.3. The summed E-state index contributed by atoms with van der Waals surface area (Å²) in [5, 5.41) is 7.12. The van der Waals surface area contributed by atoms with E-state index in [4.69, 9.17) is 14.4 Å². The van der Waals surface area contributed by atoms with E-state index in [1.165, 1.54) is 32.7 Å². The fourth-order valence-electron chi connectivity index (χ4n) is 7.51. The second kappa shape index (κ2) is 8.88. The molecule has 0 saturated carbocycles. The number of aliphatic imine (C=N–C) groups is 1. The van der Waals surface area contributed by atoms with Gasteiger partial charge >= 0.3 is 0 Å². The van der Waals surface area contributed by atoms with Crippen LogP contribution in [0.25, 0.3) is 54.5 Å². The summed E-state index contributed by atoms with van der Waals surface area (Å²) >= 11 is 0. The molecule has 0 spiro atoms. The molecule has 1 unspecified atom stereocenters. The van der Waals surface area contributed by atoms with Crippen LogP contribution >= 0.6 is 0 Å². The Bertz CT molecular complexity index is 2500.